The first-order valence-electron chi connectivity index (χ1n) is 12.4. The third-order valence-electron chi connectivity index (χ3n) is 6.36. The Morgan fingerprint density at radius 2 is 1.44 bits per heavy atom. The van der Waals surface area contributed by atoms with Gasteiger partial charge in [0.05, 0.1) is 42.3 Å². The molecule has 0 bridgehead atoms. The Balaban J connectivity index is 2.22. The lowest BCUT2D eigenvalue weighted by Crippen LogP contribution is -2.63. The number of aliphatic hydroxyl groups excluding tert-OH is 5. The Morgan fingerprint density at radius 1 is 0.906 bits per heavy atom. The number of thiol groups is 1. The van der Waals surface area contributed by atoms with Crippen molar-refractivity contribution in [3.8, 4) is 0 Å². The number of aliphatic hydroxyl groups is 5. The van der Waals surface area contributed by atoms with Crippen LogP contribution in [0, 0.1) is 0 Å². The monoisotopic (exact) mass is 477 g/mol. The zero-order chi connectivity index (χ0) is 23.9. The fraction of sp³-hybridized carbons (Fsp3) is 0.917. The molecule has 0 amide bonds. The first kappa shape index (κ1) is 29.8. The third kappa shape index (κ3) is 10.4. The maximum Gasteiger partial charge on any atom is 0.109 e. The summed E-state index contributed by atoms with van der Waals surface area (Å²) in [5, 5.41) is 49.2. The van der Waals surface area contributed by atoms with E-state index >= 15 is 0 Å². The van der Waals surface area contributed by atoms with Crippen molar-refractivity contribution in [2.75, 3.05) is 6.61 Å². The number of rotatable bonds is 17. The topological polar surface area (TPSA) is 136 Å². The second-order valence-corrected chi connectivity index (χ2v) is 9.70. The van der Waals surface area contributed by atoms with Crippen LogP contribution < -0.4 is 5.73 Å². The maximum atomic E-state index is 10.5. The molecular weight excluding hydrogens is 430 g/mol. The minimum absolute atomic E-state index is 0.515. The smallest absolute Gasteiger partial charge is 0.109 e. The zero-order valence-electron chi connectivity index (χ0n) is 19.6. The molecule has 2 unspecified atom stereocenters. The summed E-state index contributed by atoms with van der Waals surface area (Å²) >= 11 is 4.22. The van der Waals surface area contributed by atoms with Gasteiger partial charge in [0.25, 0.3) is 0 Å². The maximum absolute atomic E-state index is 10.5. The lowest BCUT2D eigenvalue weighted by atomic mass is 9.90. The third-order valence-corrected chi connectivity index (χ3v) is 6.96. The SMILES string of the molecule is CCCCCCCCCCCCC/C=C/[C@@H](O)[C@@H](N)C(O)C1O[C@H](CO)[C@H](O)[C@H](O)[C@H]1S. The van der Waals surface area contributed by atoms with Gasteiger partial charge in [-0.1, -0.05) is 83.3 Å². The molecule has 32 heavy (non-hydrogen) atoms. The van der Waals surface area contributed by atoms with Gasteiger partial charge in [-0.3, -0.25) is 0 Å². The van der Waals surface area contributed by atoms with Gasteiger partial charge >= 0.3 is 0 Å². The van der Waals surface area contributed by atoms with Crippen molar-refractivity contribution in [3.63, 3.8) is 0 Å². The van der Waals surface area contributed by atoms with Crippen molar-refractivity contribution in [2.24, 2.45) is 5.73 Å². The predicted molar refractivity (Wildman–Crippen MR) is 131 cm³/mol. The van der Waals surface area contributed by atoms with Gasteiger partial charge in [0, 0.05) is 0 Å². The highest BCUT2D eigenvalue weighted by atomic mass is 32.1. The average molecular weight is 478 g/mol. The highest BCUT2D eigenvalue weighted by Gasteiger charge is 2.47. The number of ether oxygens (including phenoxy) is 1. The second kappa shape index (κ2) is 17.3. The summed E-state index contributed by atoms with van der Waals surface area (Å²) in [5.41, 5.74) is 6.00. The van der Waals surface area contributed by atoms with Gasteiger partial charge in [0.1, 0.15) is 12.2 Å². The van der Waals surface area contributed by atoms with Gasteiger partial charge in [-0.25, -0.2) is 0 Å². The van der Waals surface area contributed by atoms with E-state index in [4.69, 9.17) is 10.5 Å². The standard InChI is InChI=1S/C24H47NO6S/c1-2-3-4-5-6-7-8-9-10-11-12-13-14-15-17(27)19(25)21(29)23-24(32)22(30)20(28)18(16-26)31-23/h14-15,17-24,26-30,32H,2-13,16,25H2,1H3/b15-14+/t17-,18-,19-,20+,21?,22+,23?,24-/m1/s1. The summed E-state index contributed by atoms with van der Waals surface area (Å²) in [5.74, 6) is 0. The van der Waals surface area contributed by atoms with Crippen LogP contribution in [0.25, 0.3) is 0 Å². The molecule has 8 heteroatoms. The number of allylic oxidation sites excluding steroid dienone is 1. The molecule has 0 saturated carbocycles. The van der Waals surface area contributed by atoms with Crippen LogP contribution in [0.2, 0.25) is 0 Å². The largest absolute Gasteiger partial charge is 0.394 e. The minimum atomic E-state index is -1.32. The van der Waals surface area contributed by atoms with Gasteiger partial charge in [0.15, 0.2) is 0 Å². The lowest BCUT2D eigenvalue weighted by Gasteiger charge is -2.43. The van der Waals surface area contributed by atoms with E-state index in [1.165, 1.54) is 57.8 Å². The van der Waals surface area contributed by atoms with E-state index in [1.54, 1.807) is 6.08 Å². The molecule has 0 aliphatic carbocycles. The van der Waals surface area contributed by atoms with Gasteiger partial charge < -0.3 is 36.0 Å². The molecule has 7 N–H and O–H groups in total. The van der Waals surface area contributed by atoms with Crippen LogP contribution in [-0.2, 0) is 4.74 Å². The molecule has 1 aliphatic heterocycles. The molecule has 0 aromatic rings. The van der Waals surface area contributed by atoms with Crippen molar-refractivity contribution >= 4 is 12.6 Å². The number of unbranched alkanes of at least 4 members (excludes halogenated alkanes) is 11. The summed E-state index contributed by atoms with van der Waals surface area (Å²) in [6.45, 7) is 1.73. The Bertz CT molecular complexity index is 495. The zero-order valence-corrected chi connectivity index (χ0v) is 20.5. The number of hydrogen-bond donors (Lipinski definition) is 7. The Labute approximate surface area is 199 Å². The average Bonchev–Trinajstić information content (AvgIpc) is 2.79. The molecular formula is C24H47NO6S. The van der Waals surface area contributed by atoms with E-state index in [9.17, 15) is 25.5 Å². The van der Waals surface area contributed by atoms with Gasteiger partial charge in [-0.2, -0.15) is 12.6 Å². The summed E-state index contributed by atoms with van der Waals surface area (Å²) in [6, 6.07) is -1.05. The van der Waals surface area contributed by atoms with Crippen molar-refractivity contribution < 1.29 is 30.3 Å². The normalized spacial score (nSPS) is 29.3. The van der Waals surface area contributed by atoms with Gasteiger partial charge in [-0.15, -0.1) is 0 Å². The first-order chi connectivity index (χ1) is 15.3. The van der Waals surface area contributed by atoms with Crippen LogP contribution in [0.15, 0.2) is 12.2 Å². The Kier molecular flexibility index (Phi) is 16.1. The van der Waals surface area contributed by atoms with E-state index < -0.39 is 54.5 Å². The molecule has 1 rings (SSSR count). The van der Waals surface area contributed by atoms with Crippen LogP contribution in [-0.4, -0.2) is 80.1 Å². The van der Waals surface area contributed by atoms with Crippen LogP contribution in [0.4, 0.5) is 0 Å². The van der Waals surface area contributed by atoms with E-state index in [0.717, 1.165) is 19.3 Å². The van der Waals surface area contributed by atoms with E-state index in [0.29, 0.717) is 0 Å². The predicted octanol–water partition coefficient (Wildman–Crippen LogP) is 2.07. The summed E-state index contributed by atoms with van der Waals surface area (Å²) in [6.07, 6.45) is 11.3. The fourth-order valence-corrected chi connectivity index (χ4v) is 4.55. The molecule has 0 aromatic carbocycles. The van der Waals surface area contributed by atoms with Crippen LogP contribution in [0.3, 0.4) is 0 Å². The van der Waals surface area contributed by atoms with Gasteiger partial charge in [-0.05, 0) is 12.8 Å². The van der Waals surface area contributed by atoms with E-state index in [2.05, 4.69) is 19.6 Å². The molecule has 1 saturated heterocycles. The van der Waals surface area contributed by atoms with Crippen molar-refractivity contribution in [3.05, 3.63) is 12.2 Å². The molecule has 8 atom stereocenters. The molecule has 190 valence electrons. The Hall–Kier alpha value is -0.190. The number of nitrogens with two attached hydrogens (primary N) is 1. The van der Waals surface area contributed by atoms with Crippen molar-refractivity contribution in [1.82, 2.24) is 0 Å². The first-order valence-corrected chi connectivity index (χ1v) is 13.0. The molecule has 0 aromatic heterocycles. The highest BCUT2D eigenvalue weighted by molar-refractivity contribution is 7.81. The van der Waals surface area contributed by atoms with Crippen LogP contribution in [0.5, 0.6) is 0 Å². The van der Waals surface area contributed by atoms with E-state index in [1.807, 2.05) is 6.08 Å². The highest BCUT2D eigenvalue weighted by Crippen LogP contribution is 2.28. The molecule has 0 radical (unpaired) electrons. The quantitative estimate of drug-likeness (QED) is 0.0968. The molecule has 7 nitrogen and oxygen atoms in total. The minimum Gasteiger partial charge on any atom is -0.394 e. The summed E-state index contributed by atoms with van der Waals surface area (Å²) in [7, 11) is 0. The van der Waals surface area contributed by atoms with Gasteiger partial charge in [0.2, 0.25) is 0 Å². The molecule has 0 spiro atoms. The van der Waals surface area contributed by atoms with E-state index in [-0.39, 0.29) is 0 Å². The van der Waals surface area contributed by atoms with Crippen molar-refractivity contribution in [2.45, 2.75) is 132 Å². The Morgan fingerprint density at radius 3 is 1.97 bits per heavy atom. The molecule has 1 heterocycles. The number of hydrogen-bond acceptors (Lipinski definition) is 8. The fourth-order valence-electron chi connectivity index (χ4n) is 4.12. The van der Waals surface area contributed by atoms with Crippen LogP contribution >= 0.6 is 12.6 Å². The summed E-state index contributed by atoms with van der Waals surface area (Å²) < 4.78 is 5.48. The second-order valence-electron chi connectivity index (χ2n) is 9.10. The molecule has 1 aliphatic rings. The lowest BCUT2D eigenvalue weighted by molar-refractivity contribution is -0.201. The molecule has 1 fully saturated rings. The van der Waals surface area contributed by atoms with Crippen LogP contribution in [0.1, 0.15) is 84.0 Å². The summed E-state index contributed by atoms with van der Waals surface area (Å²) in [4.78, 5) is 0. The van der Waals surface area contributed by atoms with Crippen molar-refractivity contribution in [1.29, 1.82) is 0 Å².